The van der Waals surface area contributed by atoms with Crippen molar-refractivity contribution in [2.75, 3.05) is 62.3 Å². The second-order valence-electron chi connectivity index (χ2n) is 15.2. The number of benzene rings is 5. The van der Waals surface area contributed by atoms with Crippen molar-refractivity contribution in [3.8, 4) is 40.0 Å². The molecule has 2 aromatic heterocycles. The van der Waals surface area contributed by atoms with Gasteiger partial charge < -0.3 is 45.2 Å². The second-order valence-corrected chi connectivity index (χ2v) is 15.2. The highest BCUT2D eigenvalue weighted by atomic mass is 16.6. The fraction of sp³-hybridized carbons (Fsp3) is 0.255. The van der Waals surface area contributed by atoms with Crippen LogP contribution in [0.1, 0.15) is 11.1 Å². The highest BCUT2D eigenvalue weighted by Crippen LogP contribution is 2.35. The summed E-state index contributed by atoms with van der Waals surface area (Å²) < 4.78 is 5.49. The zero-order valence-electron chi connectivity index (χ0n) is 34.0. The molecule has 61 heavy (non-hydrogen) atoms. The van der Waals surface area contributed by atoms with Crippen molar-refractivity contribution in [3.63, 3.8) is 0 Å². The molecule has 7 aromatic rings. The lowest BCUT2D eigenvalue weighted by atomic mass is 10.1. The maximum Gasteiger partial charge on any atom is 0.415 e. The van der Waals surface area contributed by atoms with Crippen molar-refractivity contribution in [2.45, 2.75) is 25.9 Å². The van der Waals surface area contributed by atoms with E-state index in [1.165, 1.54) is 0 Å². The van der Waals surface area contributed by atoms with Gasteiger partial charge >= 0.3 is 6.09 Å². The van der Waals surface area contributed by atoms with E-state index in [1.54, 1.807) is 59.5 Å². The minimum absolute atomic E-state index is 0.0413. The largest absolute Gasteiger partial charge is 0.507 e. The average molecular weight is 821 g/mol. The third kappa shape index (κ3) is 8.87. The third-order valence-corrected chi connectivity index (χ3v) is 11.0. The van der Waals surface area contributed by atoms with Crippen molar-refractivity contribution in [1.29, 1.82) is 0 Å². The summed E-state index contributed by atoms with van der Waals surface area (Å²) in [5, 5.41) is 45.8. The number of hydrogen-bond acceptors (Lipinski definition) is 13. The van der Waals surface area contributed by atoms with Gasteiger partial charge in [0.05, 0.1) is 47.5 Å². The SMILES string of the molecule is Cc1ccc2c(N3CCN(C(=O)Oc4ccccc4)CC3CO)nc(-c3ccccc3O)nc2c1.Cc1ccc2c(N3CCNCC3CO)nc(-c3ccccc3O)nc2c1. The normalized spacial score (nSPS) is 16.6. The maximum absolute atomic E-state index is 12.7. The van der Waals surface area contributed by atoms with Crippen molar-refractivity contribution in [2.24, 2.45) is 0 Å². The lowest BCUT2D eigenvalue weighted by Crippen LogP contribution is -2.57. The number of aromatic nitrogens is 4. The molecular formula is C47H48N8O6. The number of piperazine rings is 2. The Hall–Kier alpha value is -6.87. The molecule has 2 atom stereocenters. The van der Waals surface area contributed by atoms with Gasteiger partial charge in [-0.2, -0.15) is 0 Å². The Morgan fingerprint density at radius 3 is 1.72 bits per heavy atom. The molecular weight excluding hydrogens is 773 g/mol. The number of hydrogen-bond donors (Lipinski definition) is 5. The molecule has 2 fully saturated rings. The quantitative estimate of drug-likeness (QED) is 0.125. The van der Waals surface area contributed by atoms with Gasteiger partial charge in [-0.25, -0.2) is 24.7 Å². The van der Waals surface area contributed by atoms with E-state index >= 15 is 0 Å². The molecule has 0 saturated carbocycles. The number of anilines is 2. The molecule has 0 radical (unpaired) electrons. The molecule has 0 aliphatic carbocycles. The molecule has 312 valence electrons. The molecule has 1 amide bonds. The molecule has 2 aliphatic rings. The monoisotopic (exact) mass is 820 g/mol. The van der Waals surface area contributed by atoms with Crippen molar-refractivity contribution in [3.05, 3.63) is 126 Å². The number of ether oxygens (including phenoxy) is 1. The molecule has 5 N–H and O–H groups in total. The lowest BCUT2D eigenvalue weighted by molar-refractivity contribution is 0.130. The van der Waals surface area contributed by atoms with Crippen LogP contribution in [0.5, 0.6) is 17.2 Å². The van der Waals surface area contributed by atoms with Crippen LogP contribution in [0.25, 0.3) is 44.6 Å². The molecule has 2 unspecified atom stereocenters. The second kappa shape index (κ2) is 18.2. The van der Waals surface area contributed by atoms with Crippen LogP contribution in [-0.2, 0) is 0 Å². The number of carbonyl (C=O) groups excluding carboxylic acids is 1. The number of aliphatic hydroxyl groups is 2. The molecule has 0 bridgehead atoms. The standard InChI is InChI=1S/C27H26N4O4.C20H22N4O2/c1-18-11-12-21-23(15-18)28-25(22-9-5-6-10-24(22)33)29-26(21)31-14-13-30(16-19(31)17-32)27(34)35-20-7-3-2-4-8-20;1-13-6-7-15-17(10-13)22-19(16-4-2-3-5-18(16)26)23-20(15)24-9-8-21-11-14(24)12-25/h2-12,15,19,32-33H,13-14,16-17H2,1H3;2-7,10,14,21,25-26H,8-9,11-12H2,1H3. The van der Waals surface area contributed by atoms with E-state index in [2.05, 4.69) is 10.2 Å². The Labute approximate surface area is 353 Å². The molecule has 5 aromatic carbocycles. The van der Waals surface area contributed by atoms with Gasteiger partial charge in [0.2, 0.25) is 0 Å². The van der Waals surface area contributed by atoms with Gasteiger partial charge in [0, 0.05) is 50.0 Å². The first kappa shape index (κ1) is 40.9. The minimum Gasteiger partial charge on any atom is -0.507 e. The third-order valence-electron chi connectivity index (χ3n) is 11.0. The predicted molar refractivity (Wildman–Crippen MR) is 236 cm³/mol. The summed E-state index contributed by atoms with van der Waals surface area (Å²) in [6.07, 6.45) is -0.452. The number of amides is 1. The van der Waals surface area contributed by atoms with Crippen molar-refractivity contribution in [1.82, 2.24) is 30.2 Å². The van der Waals surface area contributed by atoms with Crippen molar-refractivity contribution < 1.29 is 30.0 Å². The summed E-state index contributed by atoms with van der Waals surface area (Å²) in [7, 11) is 0. The predicted octanol–water partition coefficient (Wildman–Crippen LogP) is 6.07. The van der Waals surface area contributed by atoms with Crippen LogP contribution in [0.3, 0.4) is 0 Å². The van der Waals surface area contributed by atoms with E-state index < -0.39 is 6.09 Å². The number of aliphatic hydroxyl groups excluding tert-OH is 2. The van der Waals surface area contributed by atoms with Crippen molar-refractivity contribution >= 4 is 39.5 Å². The Kier molecular flexibility index (Phi) is 12.2. The number of aryl methyl sites for hydroxylation is 2. The molecule has 14 nitrogen and oxygen atoms in total. The van der Waals surface area contributed by atoms with Crippen LogP contribution < -0.4 is 19.9 Å². The van der Waals surface area contributed by atoms with Gasteiger partial charge in [-0.3, -0.25) is 0 Å². The zero-order valence-corrected chi connectivity index (χ0v) is 34.0. The zero-order chi connectivity index (χ0) is 42.5. The molecule has 2 saturated heterocycles. The summed E-state index contributed by atoms with van der Waals surface area (Å²) in [6.45, 7) is 7.35. The first-order valence-electron chi connectivity index (χ1n) is 20.3. The minimum atomic E-state index is -0.452. The van der Waals surface area contributed by atoms with Crippen LogP contribution >= 0.6 is 0 Å². The summed E-state index contributed by atoms with van der Waals surface area (Å²) in [5.41, 5.74) is 4.89. The number of carbonyl (C=O) groups is 1. The number of phenols is 2. The molecule has 4 heterocycles. The summed E-state index contributed by atoms with van der Waals surface area (Å²) >= 11 is 0. The molecule has 9 rings (SSSR count). The molecule has 14 heteroatoms. The van der Waals surface area contributed by atoms with E-state index in [-0.39, 0.29) is 43.3 Å². The summed E-state index contributed by atoms with van der Waals surface area (Å²) in [5.74, 6) is 3.08. The fourth-order valence-electron chi connectivity index (χ4n) is 7.76. The number of rotatable bonds is 7. The van der Waals surface area contributed by atoms with Crippen LogP contribution in [0.2, 0.25) is 0 Å². The summed E-state index contributed by atoms with van der Waals surface area (Å²) in [4.78, 5) is 37.5. The van der Waals surface area contributed by atoms with Crippen LogP contribution in [-0.4, -0.2) is 116 Å². The number of phenolic OH excluding ortho intramolecular Hbond substituents is 2. The highest BCUT2D eigenvalue weighted by Gasteiger charge is 2.33. The average Bonchev–Trinajstić information content (AvgIpc) is 3.28. The van der Waals surface area contributed by atoms with Gasteiger partial charge in [-0.05, 0) is 85.6 Å². The number of para-hydroxylation sites is 3. The first-order valence-corrected chi connectivity index (χ1v) is 20.3. The number of nitrogens with zero attached hydrogens (tertiary/aromatic N) is 7. The van der Waals surface area contributed by atoms with E-state index in [0.29, 0.717) is 54.0 Å². The highest BCUT2D eigenvalue weighted by molar-refractivity contribution is 5.93. The Morgan fingerprint density at radius 2 is 1.18 bits per heavy atom. The molecule has 0 spiro atoms. The van der Waals surface area contributed by atoms with E-state index in [9.17, 15) is 25.2 Å². The number of fused-ring (bicyclic) bond motifs is 2. The van der Waals surface area contributed by atoms with Gasteiger partial charge in [0.25, 0.3) is 0 Å². The summed E-state index contributed by atoms with van der Waals surface area (Å²) in [6, 6.07) is 34.6. The Bertz CT molecular complexity index is 2670. The lowest BCUT2D eigenvalue weighted by Gasteiger charge is -2.41. The number of aromatic hydroxyl groups is 2. The smallest absolute Gasteiger partial charge is 0.415 e. The van der Waals surface area contributed by atoms with Crippen LogP contribution in [0.15, 0.2) is 115 Å². The van der Waals surface area contributed by atoms with Crippen LogP contribution in [0, 0.1) is 13.8 Å². The van der Waals surface area contributed by atoms with E-state index in [4.69, 9.17) is 24.7 Å². The molecule has 2 aliphatic heterocycles. The Morgan fingerprint density at radius 1 is 0.656 bits per heavy atom. The first-order chi connectivity index (χ1) is 29.7. The van der Waals surface area contributed by atoms with Gasteiger partial charge in [0.1, 0.15) is 28.9 Å². The van der Waals surface area contributed by atoms with Gasteiger partial charge in [0.15, 0.2) is 11.6 Å². The fourth-order valence-corrected chi connectivity index (χ4v) is 7.76. The van der Waals surface area contributed by atoms with Gasteiger partial charge in [-0.1, -0.05) is 54.6 Å². The Balaban J connectivity index is 0.000000176. The van der Waals surface area contributed by atoms with E-state index in [0.717, 1.165) is 51.8 Å². The number of nitrogens with one attached hydrogen (secondary N) is 1. The maximum atomic E-state index is 12.7. The van der Waals surface area contributed by atoms with Crippen LogP contribution in [0.4, 0.5) is 16.4 Å². The topological polar surface area (TPSA) is 181 Å². The van der Waals surface area contributed by atoms with E-state index in [1.807, 2.05) is 79.4 Å². The van der Waals surface area contributed by atoms with Gasteiger partial charge in [-0.15, -0.1) is 0 Å².